The zero-order valence-corrected chi connectivity index (χ0v) is 26.1. The molecule has 0 unspecified atom stereocenters. The summed E-state index contributed by atoms with van der Waals surface area (Å²) in [6.45, 7) is 9.14. The molecule has 4 aromatic rings. The summed E-state index contributed by atoms with van der Waals surface area (Å²) in [4.78, 5) is 18.8. The number of aromatic amines is 1. The molecule has 0 bridgehead atoms. The fraction of sp³-hybridized carbons (Fsp3) is 0.345. The highest BCUT2D eigenvalue weighted by Gasteiger charge is 2.23. The average Bonchev–Trinajstić information content (AvgIpc) is 3.67. The van der Waals surface area contributed by atoms with Crippen LogP contribution in [0.2, 0.25) is 20.1 Å². The van der Waals surface area contributed by atoms with Crippen LogP contribution in [0.25, 0.3) is 0 Å². The van der Waals surface area contributed by atoms with Gasteiger partial charge in [0, 0.05) is 81.7 Å². The van der Waals surface area contributed by atoms with Crippen LogP contribution in [0.1, 0.15) is 11.1 Å². The molecule has 2 aliphatic rings. The first-order chi connectivity index (χ1) is 20.4. The smallest absolute Gasteiger partial charge is 0.320 e. The lowest BCUT2D eigenvalue weighted by Gasteiger charge is -2.34. The van der Waals surface area contributed by atoms with Crippen molar-refractivity contribution in [2.24, 2.45) is 0 Å². The summed E-state index contributed by atoms with van der Waals surface area (Å²) in [7, 11) is 0. The van der Waals surface area contributed by atoms with Crippen LogP contribution in [0.3, 0.4) is 0 Å². The number of nitrogens with zero attached hydrogens (tertiary/aromatic N) is 6. The van der Waals surface area contributed by atoms with Crippen LogP contribution in [-0.4, -0.2) is 93.1 Å². The van der Waals surface area contributed by atoms with Crippen molar-refractivity contribution in [3.05, 3.63) is 105 Å². The number of amides is 1. The molecule has 13 heteroatoms. The van der Waals surface area contributed by atoms with Gasteiger partial charge in [0.15, 0.2) is 0 Å². The third kappa shape index (κ3) is 10.3. The number of aromatic nitrogens is 4. The lowest BCUT2D eigenvalue weighted by Crippen LogP contribution is -2.49. The molecule has 2 aromatic heterocycles. The van der Waals surface area contributed by atoms with Gasteiger partial charge in [-0.15, -0.1) is 0 Å². The number of carbonyl (C=O) groups excluding carboxylic acids is 1. The second-order valence-electron chi connectivity index (χ2n) is 9.77. The van der Waals surface area contributed by atoms with Crippen molar-refractivity contribution in [2.45, 2.75) is 13.1 Å². The van der Waals surface area contributed by atoms with E-state index in [0.717, 1.165) is 68.0 Å². The zero-order chi connectivity index (χ0) is 29.7. The van der Waals surface area contributed by atoms with Gasteiger partial charge in [0.1, 0.15) is 0 Å². The Hall–Kier alpha value is -2.63. The Morgan fingerprint density at radius 1 is 0.738 bits per heavy atom. The van der Waals surface area contributed by atoms with Gasteiger partial charge in [-0.2, -0.15) is 14.9 Å². The molecule has 6 rings (SSSR count). The van der Waals surface area contributed by atoms with Gasteiger partial charge in [-0.05, 0) is 23.3 Å². The number of halogens is 4. The van der Waals surface area contributed by atoms with Crippen LogP contribution in [0, 0.1) is 0 Å². The number of rotatable bonds is 4. The van der Waals surface area contributed by atoms with Crippen molar-refractivity contribution < 1.29 is 4.79 Å². The van der Waals surface area contributed by atoms with Crippen LogP contribution >= 0.6 is 46.4 Å². The third-order valence-electron chi connectivity index (χ3n) is 6.77. The van der Waals surface area contributed by atoms with Crippen molar-refractivity contribution in [3.63, 3.8) is 0 Å². The summed E-state index contributed by atoms with van der Waals surface area (Å²) in [5.41, 5.74) is 2.35. The second-order valence-corrected chi connectivity index (χ2v) is 11.5. The molecule has 2 saturated heterocycles. The van der Waals surface area contributed by atoms with Crippen molar-refractivity contribution in [2.75, 3.05) is 52.4 Å². The van der Waals surface area contributed by atoms with E-state index in [9.17, 15) is 4.79 Å². The van der Waals surface area contributed by atoms with E-state index >= 15 is 0 Å². The van der Waals surface area contributed by atoms with E-state index in [2.05, 4.69) is 36.5 Å². The number of benzene rings is 2. The lowest BCUT2D eigenvalue weighted by atomic mass is 10.2. The Balaban J connectivity index is 0.000000171. The molecule has 4 heterocycles. The highest BCUT2D eigenvalue weighted by molar-refractivity contribution is 6.31. The largest absolute Gasteiger partial charge is 0.344 e. The van der Waals surface area contributed by atoms with Gasteiger partial charge < -0.3 is 10.2 Å². The van der Waals surface area contributed by atoms with Crippen molar-refractivity contribution in [1.29, 1.82) is 0 Å². The van der Waals surface area contributed by atoms with Gasteiger partial charge in [0.25, 0.3) is 0 Å². The predicted octanol–water partition coefficient (Wildman–Crippen LogP) is 5.78. The molecule has 2 aromatic carbocycles. The van der Waals surface area contributed by atoms with E-state index in [-0.39, 0.29) is 6.03 Å². The van der Waals surface area contributed by atoms with Gasteiger partial charge in [-0.25, -0.2) is 4.79 Å². The van der Waals surface area contributed by atoms with E-state index in [4.69, 9.17) is 46.4 Å². The molecular weight excluding hydrogens is 618 g/mol. The summed E-state index contributed by atoms with van der Waals surface area (Å²) < 4.78 is 1.28. The van der Waals surface area contributed by atoms with Crippen LogP contribution in [-0.2, 0) is 13.1 Å². The molecule has 42 heavy (non-hydrogen) atoms. The fourth-order valence-electron chi connectivity index (χ4n) is 4.49. The highest BCUT2D eigenvalue weighted by atomic mass is 35.5. The van der Waals surface area contributed by atoms with Crippen LogP contribution in [0.5, 0.6) is 0 Å². The zero-order valence-electron chi connectivity index (χ0n) is 23.1. The summed E-state index contributed by atoms with van der Waals surface area (Å²) in [5, 5.41) is 16.2. The number of nitrogens with one attached hydrogen (secondary N) is 2. The third-order valence-corrected chi connectivity index (χ3v) is 7.91. The number of hydrogen-bond acceptors (Lipinski definition) is 6. The molecular formula is C29H34Cl4N8O. The Bertz CT molecular complexity index is 1370. The van der Waals surface area contributed by atoms with Gasteiger partial charge in [-0.1, -0.05) is 82.8 Å². The maximum Gasteiger partial charge on any atom is 0.344 e. The Labute approximate surface area is 266 Å². The molecule has 0 saturated carbocycles. The van der Waals surface area contributed by atoms with Crippen molar-refractivity contribution in [1.82, 2.24) is 40.0 Å². The van der Waals surface area contributed by atoms with Gasteiger partial charge in [-0.3, -0.25) is 14.9 Å². The minimum Gasteiger partial charge on any atom is -0.320 e. The molecule has 0 atom stereocenters. The average molecular weight is 652 g/mol. The molecule has 0 radical (unpaired) electrons. The highest BCUT2D eigenvalue weighted by Crippen LogP contribution is 2.19. The molecule has 2 aliphatic heterocycles. The number of carbonyl (C=O) groups is 1. The first kappa shape index (κ1) is 32.3. The van der Waals surface area contributed by atoms with Gasteiger partial charge in [0.05, 0.1) is 28.6 Å². The normalized spacial score (nSPS) is 15.8. The molecule has 0 spiro atoms. The maximum atomic E-state index is 12.3. The van der Waals surface area contributed by atoms with Crippen LogP contribution < -0.4 is 5.32 Å². The summed E-state index contributed by atoms with van der Waals surface area (Å²) in [6, 6.07) is 15.8. The lowest BCUT2D eigenvalue weighted by molar-refractivity contribution is 0.134. The Morgan fingerprint density at radius 2 is 1.31 bits per heavy atom. The minimum absolute atomic E-state index is 0.135. The van der Waals surface area contributed by atoms with Crippen LogP contribution in [0.15, 0.2) is 73.3 Å². The summed E-state index contributed by atoms with van der Waals surface area (Å²) in [6.07, 6.45) is 6.15. The second kappa shape index (κ2) is 16.9. The molecule has 0 aliphatic carbocycles. The predicted molar refractivity (Wildman–Crippen MR) is 170 cm³/mol. The maximum absolute atomic E-state index is 12.3. The molecule has 2 N–H and O–H groups in total. The number of H-pyrrole nitrogens is 1. The quantitative estimate of drug-likeness (QED) is 0.291. The first-order valence-electron chi connectivity index (χ1n) is 13.6. The fourth-order valence-corrected chi connectivity index (χ4v) is 5.11. The van der Waals surface area contributed by atoms with E-state index < -0.39 is 0 Å². The number of piperazine rings is 2. The van der Waals surface area contributed by atoms with Gasteiger partial charge >= 0.3 is 6.03 Å². The standard InChI is InChI=1S/C15H16Cl2N4O.C11H15ClN2.C3H3ClN2/c16-13-9-18-21(11-13)15(22)20-7-5-19(6-8-20)10-12-3-1-2-4-14(12)17;12-11-4-2-1-3-10(11)9-14-7-5-13-6-8-14;4-3-1-5-6-2-3/h1-4,9,11H,5-8,10H2;1-4,13H,5-9H2;1-2H,(H,5,6). The topological polar surface area (TPSA) is 85.3 Å². The molecule has 1 amide bonds. The van der Waals surface area contributed by atoms with E-state index in [1.54, 1.807) is 17.3 Å². The SMILES string of the molecule is Clc1ccccc1CN1CCNCC1.Clc1cn[nH]c1.O=C(N1CCN(Cc2ccccc2Cl)CC1)n1cc(Cl)cn1. The van der Waals surface area contributed by atoms with E-state index in [1.165, 1.54) is 22.6 Å². The monoisotopic (exact) mass is 650 g/mol. The Morgan fingerprint density at radius 3 is 1.76 bits per heavy atom. The van der Waals surface area contributed by atoms with Crippen molar-refractivity contribution in [3.8, 4) is 0 Å². The summed E-state index contributed by atoms with van der Waals surface area (Å²) in [5.74, 6) is 0. The first-order valence-corrected chi connectivity index (χ1v) is 15.2. The van der Waals surface area contributed by atoms with Crippen LogP contribution in [0.4, 0.5) is 4.79 Å². The van der Waals surface area contributed by atoms with Crippen molar-refractivity contribution >= 4 is 52.4 Å². The van der Waals surface area contributed by atoms with E-state index in [0.29, 0.717) is 23.1 Å². The van der Waals surface area contributed by atoms with E-state index in [1.807, 2.05) is 42.5 Å². The number of hydrogen-bond donors (Lipinski definition) is 2. The molecule has 9 nitrogen and oxygen atoms in total. The summed E-state index contributed by atoms with van der Waals surface area (Å²) >= 11 is 23.4. The van der Waals surface area contributed by atoms with Gasteiger partial charge in [0.2, 0.25) is 0 Å². The Kier molecular flexibility index (Phi) is 13.0. The molecule has 224 valence electrons. The molecule has 2 fully saturated rings. The minimum atomic E-state index is -0.135.